The molecule has 5 heteroatoms. The Bertz CT molecular complexity index is 737. The molecule has 0 atom stereocenters. The molecule has 100 valence electrons. The molecule has 1 aliphatic carbocycles. The van der Waals surface area contributed by atoms with Crippen LogP contribution in [0.5, 0.6) is 0 Å². The van der Waals surface area contributed by atoms with E-state index in [0.29, 0.717) is 11.8 Å². The standard InChI is InChI=1S/C15H14N4O/c16-15-13(9-18-20-15)10-3-5-12(6-4-10)19-14(7-8-17-19)11-1-2-11/h3-9,11H,1-2,16H2. The fourth-order valence-electron chi connectivity index (χ4n) is 2.47. The minimum atomic E-state index is 0.343. The Labute approximate surface area is 116 Å². The summed E-state index contributed by atoms with van der Waals surface area (Å²) < 4.78 is 6.90. The van der Waals surface area contributed by atoms with Crippen molar-refractivity contribution in [1.29, 1.82) is 0 Å². The molecule has 0 spiro atoms. The van der Waals surface area contributed by atoms with Gasteiger partial charge in [-0.1, -0.05) is 17.3 Å². The fraction of sp³-hybridized carbons (Fsp3) is 0.200. The summed E-state index contributed by atoms with van der Waals surface area (Å²) in [5.41, 5.74) is 9.90. The summed E-state index contributed by atoms with van der Waals surface area (Å²) in [4.78, 5) is 0. The minimum absolute atomic E-state index is 0.343. The van der Waals surface area contributed by atoms with E-state index >= 15 is 0 Å². The Morgan fingerprint density at radius 3 is 2.60 bits per heavy atom. The Morgan fingerprint density at radius 2 is 1.95 bits per heavy atom. The molecule has 1 saturated carbocycles. The third-order valence-electron chi connectivity index (χ3n) is 3.69. The van der Waals surface area contributed by atoms with Crippen LogP contribution in [0.25, 0.3) is 16.8 Å². The maximum Gasteiger partial charge on any atom is 0.229 e. The fourth-order valence-corrected chi connectivity index (χ4v) is 2.47. The number of nitrogens with zero attached hydrogens (tertiary/aromatic N) is 3. The molecule has 2 heterocycles. The van der Waals surface area contributed by atoms with Gasteiger partial charge in [0.2, 0.25) is 5.88 Å². The largest absolute Gasteiger partial charge is 0.367 e. The first kappa shape index (κ1) is 11.3. The van der Waals surface area contributed by atoms with E-state index in [4.69, 9.17) is 10.3 Å². The average Bonchev–Trinajstić information content (AvgIpc) is 3.04. The lowest BCUT2D eigenvalue weighted by molar-refractivity contribution is 0.436. The van der Waals surface area contributed by atoms with Gasteiger partial charge < -0.3 is 10.3 Å². The van der Waals surface area contributed by atoms with Crippen molar-refractivity contribution in [2.45, 2.75) is 18.8 Å². The van der Waals surface area contributed by atoms with E-state index in [1.807, 2.05) is 35.1 Å². The number of hydrogen-bond donors (Lipinski definition) is 1. The van der Waals surface area contributed by atoms with Gasteiger partial charge in [-0.05, 0) is 36.6 Å². The predicted molar refractivity (Wildman–Crippen MR) is 75.4 cm³/mol. The molecule has 0 saturated heterocycles. The molecule has 2 N–H and O–H groups in total. The molecular formula is C15H14N4O. The Kier molecular flexibility index (Phi) is 2.39. The van der Waals surface area contributed by atoms with Crippen molar-refractivity contribution in [3.8, 4) is 16.8 Å². The van der Waals surface area contributed by atoms with E-state index in [2.05, 4.69) is 16.3 Å². The van der Waals surface area contributed by atoms with Crippen molar-refractivity contribution in [2.75, 3.05) is 5.73 Å². The van der Waals surface area contributed by atoms with E-state index in [1.54, 1.807) is 6.20 Å². The molecule has 1 aliphatic rings. The van der Waals surface area contributed by atoms with Gasteiger partial charge >= 0.3 is 0 Å². The number of anilines is 1. The van der Waals surface area contributed by atoms with Crippen molar-refractivity contribution in [3.05, 3.63) is 48.4 Å². The van der Waals surface area contributed by atoms with Crippen LogP contribution in [0.4, 0.5) is 5.88 Å². The van der Waals surface area contributed by atoms with Gasteiger partial charge in [0, 0.05) is 17.8 Å². The number of benzene rings is 1. The van der Waals surface area contributed by atoms with E-state index in [1.165, 1.54) is 18.5 Å². The van der Waals surface area contributed by atoms with Gasteiger partial charge in [-0.25, -0.2) is 4.68 Å². The van der Waals surface area contributed by atoms with Crippen LogP contribution in [0.1, 0.15) is 24.5 Å². The monoisotopic (exact) mass is 266 g/mol. The SMILES string of the molecule is Nc1oncc1-c1ccc(-n2nccc2C2CC2)cc1. The maximum absolute atomic E-state index is 5.73. The molecule has 2 aromatic heterocycles. The third-order valence-corrected chi connectivity index (χ3v) is 3.69. The highest BCUT2D eigenvalue weighted by atomic mass is 16.5. The van der Waals surface area contributed by atoms with Crippen molar-refractivity contribution >= 4 is 5.88 Å². The zero-order valence-electron chi connectivity index (χ0n) is 10.9. The van der Waals surface area contributed by atoms with E-state index in [0.717, 1.165) is 16.8 Å². The highest BCUT2D eigenvalue weighted by Crippen LogP contribution is 2.40. The maximum atomic E-state index is 5.73. The summed E-state index contributed by atoms with van der Waals surface area (Å²) >= 11 is 0. The predicted octanol–water partition coefficient (Wildman–Crippen LogP) is 2.99. The third kappa shape index (κ3) is 1.79. The van der Waals surface area contributed by atoms with Gasteiger partial charge in [0.1, 0.15) is 0 Å². The minimum Gasteiger partial charge on any atom is -0.367 e. The van der Waals surface area contributed by atoms with Crippen LogP contribution in [0.2, 0.25) is 0 Å². The number of rotatable bonds is 3. The zero-order chi connectivity index (χ0) is 13.5. The number of aromatic nitrogens is 3. The normalized spacial score (nSPS) is 14.6. The van der Waals surface area contributed by atoms with Gasteiger partial charge in [-0.15, -0.1) is 0 Å². The van der Waals surface area contributed by atoms with E-state index in [-0.39, 0.29) is 0 Å². The first-order chi connectivity index (χ1) is 9.83. The van der Waals surface area contributed by atoms with Crippen LogP contribution in [-0.2, 0) is 0 Å². The van der Waals surface area contributed by atoms with Gasteiger partial charge in [0.25, 0.3) is 0 Å². The molecule has 0 unspecified atom stereocenters. The molecule has 0 radical (unpaired) electrons. The molecule has 4 rings (SSSR count). The van der Waals surface area contributed by atoms with Crippen molar-refractivity contribution < 1.29 is 4.52 Å². The number of nitrogen functional groups attached to an aromatic ring is 1. The van der Waals surface area contributed by atoms with E-state index in [9.17, 15) is 0 Å². The van der Waals surface area contributed by atoms with Crippen LogP contribution in [0.15, 0.2) is 47.2 Å². The van der Waals surface area contributed by atoms with Gasteiger partial charge in [-0.2, -0.15) is 5.10 Å². The number of nitrogens with two attached hydrogens (primary N) is 1. The van der Waals surface area contributed by atoms with Crippen LogP contribution in [0.3, 0.4) is 0 Å². The molecule has 20 heavy (non-hydrogen) atoms. The molecule has 0 bridgehead atoms. The lowest BCUT2D eigenvalue weighted by Gasteiger charge is -2.07. The molecule has 0 aliphatic heterocycles. The summed E-state index contributed by atoms with van der Waals surface area (Å²) in [6.07, 6.45) is 6.02. The van der Waals surface area contributed by atoms with Crippen LogP contribution >= 0.6 is 0 Å². The molecule has 1 aromatic carbocycles. The quantitative estimate of drug-likeness (QED) is 0.791. The molecular weight excluding hydrogens is 252 g/mol. The zero-order valence-corrected chi connectivity index (χ0v) is 10.9. The summed E-state index contributed by atoms with van der Waals surface area (Å²) in [5, 5.41) is 8.12. The summed E-state index contributed by atoms with van der Waals surface area (Å²) in [5.74, 6) is 1.02. The Morgan fingerprint density at radius 1 is 1.15 bits per heavy atom. The topological polar surface area (TPSA) is 69.9 Å². The highest BCUT2D eigenvalue weighted by molar-refractivity contribution is 5.72. The first-order valence-electron chi connectivity index (χ1n) is 6.68. The molecule has 5 nitrogen and oxygen atoms in total. The van der Waals surface area contributed by atoms with Gasteiger partial charge in [0.15, 0.2) is 0 Å². The second-order valence-corrected chi connectivity index (χ2v) is 5.09. The molecule has 0 amide bonds. The van der Waals surface area contributed by atoms with Gasteiger partial charge in [-0.3, -0.25) is 0 Å². The molecule has 1 fully saturated rings. The second-order valence-electron chi connectivity index (χ2n) is 5.09. The lowest BCUT2D eigenvalue weighted by atomic mass is 10.1. The van der Waals surface area contributed by atoms with Crippen LogP contribution < -0.4 is 5.73 Å². The lowest BCUT2D eigenvalue weighted by Crippen LogP contribution is -2.00. The Hall–Kier alpha value is -2.56. The Balaban J connectivity index is 1.70. The summed E-state index contributed by atoms with van der Waals surface area (Å²) in [7, 11) is 0. The highest BCUT2D eigenvalue weighted by Gasteiger charge is 2.27. The van der Waals surface area contributed by atoms with Crippen molar-refractivity contribution in [3.63, 3.8) is 0 Å². The number of hydrogen-bond acceptors (Lipinski definition) is 4. The van der Waals surface area contributed by atoms with Crippen LogP contribution in [-0.4, -0.2) is 14.9 Å². The van der Waals surface area contributed by atoms with Crippen LogP contribution in [0, 0.1) is 0 Å². The second kappa shape index (κ2) is 4.23. The smallest absolute Gasteiger partial charge is 0.229 e. The first-order valence-corrected chi connectivity index (χ1v) is 6.68. The van der Waals surface area contributed by atoms with E-state index < -0.39 is 0 Å². The van der Waals surface area contributed by atoms with Crippen molar-refractivity contribution in [1.82, 2.24) is 14.9 Å². The van der Waals surface area contributed by atoms with Crippen molar-refractivity contribution in [2.24, 2.45) is 0 Å². The van der Waals surface area contributed by atoms with Gasteiger partial charge in [0.05, 0.1) is 17.4 Å². The summed E-state index contributed by atoms with van der Waals surface area (Å²) in [6.45, 7) is 0. The summed E-state index contributed by atoms with van der Waals surface area (Å²) in [6, 6.07) is 10.2. The average molecular weight is 266 g/mol. The molecule has 3 aromatic rings.